The van der Waals surface area contributed by atoms with E-state index < -0.39 is 0 Å². The second-order valence-corrected chi connectivity index (χ2v) is 5.17. The van der Waals surface area contributed by atoms with Crippen LogP contribution in [0.3, 0.4) is 0 Å². The van der Waals surface area contributed by atoms with E-state index in [0.29, 0.717) is 6.61 Å². The van der Waals surface area contributed by atoms with Crippen LogP contribution in [0.5, 0.6) is 5.75 Å². The van der Waals surface area contributed by atoms with Crippen LogP contribution in [0.2, 0.25) is 0 Å². The van der Waals surface area contributed by atoms with Crippen LogP contribution < -0.4 is 10.5 Å². The van der Waals surface area contributed by atoms with Gasteiger partial charge < -0.3 is 15.2 Å². The first-order valence-corrected chi connectivity index (χ1v) is 7.12. The zero-order chi connectivity index (χ0) is 13.4. The van der Waals surface area contributed by atoms with Gasteiger partial charge in [0.2, 0.25) is 0 Å². The summed E-state index contributed by atoms with van der Waals surface area (Å²) in [5, 5.41) is 0. The Morgan fingerprint density at radius 1 is 1.33 bits per heavy atom. The van der Waals surface area contributed by atoms with Crippen LogP contribution in [-0.4, -0.2) is 26.4 Å². The number of nitrogens with two attached hydrogens (primary N) is 1. The van der Waals surface area contributed by atoms with Gasteiger partial charge >= 0.3 is 0 Å². The fourth-order valence-corrected chi connectivity index (χ4v) is 2.03. The Labute approximate surface area is 118 Å². The van der Waals surface area contributed by atoms with Crippen molar-refractivity contribution in [2.45, 2.75) is 32.2 Å². The van der Waals surface area contributed by atoms with Gasteiger partial charge in [-0.25, -0.2) is 0 Å². The van der Waals surface area contributed by atoms with Gasteiger partial charge in [-0.2, -0.15) is 0 Å². The molecule has 0 saturated heterocycles. The van der Waals surface area contributed by atoms with Gasteiger partial charge in [0.05, 0.1) is 6.61 Å². The number of hydrogen-bond donors (Lipinski definition) is 1. The highest BCUT2D eigenvalue weighted by Crippen LogP contribution is 2.24. The van der Waals surface area contributed by atoms with Gasteiger partial charge in [0.25, 0.3) is 0 Å². The summed E-state index contributed by atoms with van der Waals surface area (Å²) in [6.45, 7) is 3.50. The van der Waals surface area contributed by atoms with Crippen molar-refractivity contribution in [1.82, 2.24) is 0 Å². The van der Waals surface area contributed by atoms with Crippen LogP contribution in [0, 0.1) is 0 Å². The first-order chi connectivity index (χ1) is 8.67. The fraction of sp³-hybridized carbons (Fsp3) is 0.571. The Balaban J connectivity index is 2.57. The van der Waals surface area contributed by atoms with Crippen molar-refractivity contribution in [1.29, 1.82) is 0 Å². The minimum absolute atomic E-state index is 0.199. The zero-order valence-electron chi connectivity index (χ0n) is 11.1. The van der Waals surface area contributed by atoms with Crippen molar-refractivity contribution in [2.24, 2.45) is 5.73 Å². The monoisotopic (exact) mass is 315 g/mol. The number of rotatable bonds is 8. The van der Waals surface area contributed by atoms with E-state index in [4.69, 9.17) is 15.2 Å². The second-order valence-electron chi connectivity index (χ2n) is 4.32. The largest absolute Gasteiger partial charge is 0.493 e. The molecule has 1 unspecified atom stereocenters. The lowest BCUT2D eigenvalue weighted by molar-refractivity contribution is 0.172. The lowest BCUT2D eigenvalue weighted by Gasteiger charge is -2.13. The van der Waals surface area contributed by atoms with E-state index in [0.717, 1.165) is 36.1 Å². The van der Waals surface area contributed by atoms with Crippen LogP contribution in [0.25, 0.3) is 0 Å². The quantitative estimate of drug-likeness (QED) is 0.749. The highest BCUT2D eigenvalue weighted by molar-refractivity contribution is 9.10. The normalized spacial score (nSPS) is 12.4. The number of halogens is 1. The van der Waals surface area contributed by atoms with Crippen molar-refractivity contribution in [2.75, 3.05) is 20.3 Å². The highest BCUT2D eigenvalue weighted by atomic mass is 79.9. The summed E-state index contributed by atoms with van der Waals surface area (Å²) in [6.07, 6.45) is 2.74. The maximum atomic E-state index is 5.99. The third-order valence-electron chi connectivity index (χ3n) is 2.79. The van der Waals surface area contributed by atoms with E-state index in [2.05, 4.69) is 28.9 Å². The van der Waals surface area contributed by atoms with Crippen molar-refractivity contribution in [3.8, 4) is 5.75 Å². The molecular formula is C14H22BrNO2. The molecule has 0 aliphatic rings. The molecule has 1 aromatic carbocycles. The maximum absolute atomic E-state index is 5.99. The maximum Gasteiger partial charge on any atom is 0.119 e. The summed E-state index contributed by atoms with van der Waals surface area (Å²) < 4.78 is 11.8. The first kappa shape index (κ1) is 15.5. The third kappa shape index (κ3) is 5.38. The molecule has 0 fully saturated rings. The molecular weight excluding hydrogens is 294 g/mol. The molecule has 4 heteroatoms. The van der Waals surface area contributed by atoms with E-state index in [-0.39, 0.29) is 6.04 Å². The van der Waals surface area contributed by atoms with E-state index in [1.807, 2.05) is 12.1 Å². The van der Waals surface area contributed by atoms with Gasteiger partial charge in [-0.05, 0) is 36.6 Å². The number of benzene rings is 1. The summed E-state index contributed by atoms with van der Waals surface area (Å²) in [6, 6.07) is 6.25. The smallest absolute Gasteiger partial charge is 0.119 e. The molecule has 0 heterocycles. The summed E-state index contributed by atoms with van der Waals surface area (Å²) in [4.78, 5) is 0. The third-order valence-corrected chi connectivity index (χ3v) is 3.56. The van der Waals surface area contributed by atoms with Gasteiger partial charge in [0.15, 0.2) is 0 Å². The number of methoxy groups -OCH3 is 1. The molecule has 1 rings (SSSR count). The van der Waals surface area contributed by atoms with Crippen LogP contribution in [0.15, 0.2) is 22.7 Å². The van der Waals surface area contributed by atoms with E-state index >= 15 is 0 Å². The minimum atomic E-state index is 0.199. The van der Waals surface area contributed by atoms with Gasteiger partial charge in [-0.3, -0.25) is 0 Å². The highest BCUT2D eigenvalue weighted by Gasteiger charge is 2.07. The van der Waals surface area contributed by atoms with Crippen LogP contribution in [0.4, 0.5) is 0 Å². The van der Waals surface area contributed by atoms with Crippen molar-refractivity contribution in [3.05, 3.63) is 28.2 Å². The second kappa shape index (κ2) is 8.51. The van der Waals surface area contributed by atoms with E-state index in [1.165, 1.54) is 5.56 Å². The van der Waals surface area contributed by atoms with Crippen molar-refractivity contribution < 1.29 is 9.47 Å². The summed E-state index contributed by atoms with van der Waals surface area (Å²) in [5.41, 5.74) is 7.19. The molecule has 18 heavy (non-hydrogen) atoms. The Morgan fingerprint density at radius 3 is 2.78 bits per heavy atom. The van der Waals surface area contributed by atoms with Gasteiger partial charge in [0.1, 0.15) is 5.75 Å². The topological polar surface area (TPSA) is 44.5 Å². The molecule has 0 aliphatic heterocycles. The molecule has 0 aliphatic carbocycles. The zero-order valence-corrected chi connectivity index (χ0v) is 12.7. The molecule has 0 bridgehead atoms. The van der Waals surface area contributed by atoms with E-state index in [1.54, 1.807) is 7.11 Å². The Bertz CT molecular complexity index is 358. The van der Waals surface area contributed by atoms with Crippen LogP contribution in [0.1, 0.15) is 25.3 Å². The number of ether oxygens (including phenoxy) is 2. The molecule has 0 amide bonds. The first-order valence-electron chi connectivity index (χ1n) is 6.33. The predicted molar refractivity (Wildman–Crippen MR) is 78.1 cm³/mol. The van der Waals surface area contributed by atoms with Crippen molar-refractivity contribution in [3.63, 3.8) is 0 Å². The Morgan fingerprint density at radius 2 is 2.11 bits per heavy atom. The average molecular weight is 316 g/mol. The van der Waals surface area contributed by atoms with Crippen LogP contribution >= 0.6 is 15.9 Å². The standard InChI is InChI=1S/C14H22BrNO2/c1-3-12(16)9-11-10-13(5-6-14(11)15)18-8-4-7-17-2/h5-6,10,12H,3-4,7-9,16H2,1-2H3. The molecule has 0 radical (unpaired) electrons. The summed E-state index contributed by atoms with van der Waals surface area (Å²) in [5.74, 6) is 0.896. The van der Waals surface area contributed by atoms with E-state index in [9.17, 15) is 0 Å². The Hall–Kier alpha value is -0.580. The lowest BCUT2D eigenvalue weighted by Crippen LogP contribution is -2.21. The molecule has 0 aromatic heterocycles. The van der Waals surface area contributed by atoms with Gasteiger partial charge in [-0.1, -0.05) is 22.9 Å². The molecule has 0 saturated carbocycles. The number of hydrogen-bond acceptors (Lipinski definition) is 3. The van der Waals surface area contributed by atoms with Gasteiger partial charge in [0, 0.05) is 30.7 Å². The van der Waals surface area contributed by atoms with Gasteiger partial charge in [-0.15, -0.1) is 0 Å². The Kier molecular flexibility index (Phi) is 7.32. The summed E-state index contributed by atoms with van der Waals surface area (Å²) in [7, 11) is 1.70. The molecule has 1 atom stereocenters. The molecule has 1 aromatic rings. The molecule has 2 N–H and O–H groups in total. The SMILES string of the molecule is CCC(N)Cc1cc(OCCCOC)ccc1Br. The summed E-state index contributed by atoms with van der Waals surface area (Å²) >= 11 is 3.55. The minimum Gasteiger partial charge on any atom is -0.493 e. The predicted octanol–water partition coefficient (Wildman–Crippen LogP) is 3.14. The van der Waals surface area contributed by atoms with Crippen LogP contribution in [-0.2, 0) is 11.2 Å². The molecule has 102 valence electrons. The average Bonchev–Trinajstić information content (AvgIpc) is 2.38. The lowest BCUT2D eigenvalue weighted by atomic mass is 10.0. The fourth-order valence-electron chi connectivity index (χ4n) is 1.62. The molecule has 0 spiro atoms. The van der Waals surface area contributed by atoms with Crippen molar-refractivity contribution >= 4 is 15.9 Å². The molecule has 3 nitrogen and oxygen atoms in total.